The molecule has 0 saturated carbocycles. The quantitative estimate of drug-likeness (QED) is 0.194. The Labute approximate surface area is 164 Å². The van der Waals surface area contributed by atoms with Crippen molar-refractivity contribution >= 4 is 5.97 Å². The predicted octanol–water partition coefficient (Wildman–Crippen LogP) is 6.54. The number of aliphatic carboxylic acids is 1. The Balaban J connectivity index is 3.58. The molecule has 0 amide bonds. The van der Waals surface area contributed by atoms with Crippen LogP contribution in [0.15, 0.2) is 12.2 Å². The summed E-state index contributed by atoms with van der Waals surface area (Å²) in [5.74, 6) is -1.50. The van der Waals surface area contributed by atoms with Gasteiger partial charge in [-0.05, 0) is 25.7 Å². The van der Waals surface area contributed by atoms with Gasteiger partial charge in [0.2, 0.25) is 0 Å². The normalized spacial score (nSPS) is 15.1. The molecule has 0 fully saturated rings. The number of alkyl halides is 2. The van der Waals surface area contributed by atoms with Crippen molar-refractivity contribution in [2.75, 3.05) is 6.67 Å². The Morgan fingerprint density at radius 3 is 1.78 bits per heavy atom. The highest BCUT2D eigenvalue weighted by Crippen LogP contribution is 2.22. The Morgan fingerprint density at radius 1 is 0.926 bits per heavy atom. The summed E-state index contributed by atoms with van der Waals surface area (Å²) in [7, 11) is 0. The van der Waals surface area contributed by atoms with Crippen LogP contribution in [0.2, 0.25) is 0 Å². The lowest BCUT2D eigenvalue weighted by Gasteiger charge is -2.24. The van der Waals surface area contributed by atoms with E-state index in [-0.39, 0.29) is 13.1 Å². The van der Waals surface area contributed by atoms with E-state index >= 15 is 0 Å². The molecule has 2 unspecified atom stereocenters. The first kappa shape index (κ1) is 26.0. The third kappa shape index (κ3) is 12.9. The van der Waals surface area contributed by atoms with Gasteiger partial charge in [0.25, 0.3) is 0 Å². The number of allylic oxidation sites excluding steroid dienone is 1. The minimum Gasteiger partial charge on any atom is -0.479 e. The van der Waals surface area contributed by atoms with Gasteiger partial charge in [-0.3, -0.25) is 4.39 Å². The lowest BCUT2D eigenvalue weighted by atomic mass is 9.92. The molecule has 0 spiro atoms. The molecule has 0 rings (SSSR count). The molecule has 27 heavy (non-hydrogen) atoms. The van der Waals surface area contributed by atoms with Gasteiger partial charge in [0.15, 0.2) is 11.8 Å². The minimum atomic E-state index is -2.31. The maximum Gasteiger partial charge on any atom is 0.339 e. The standard InChI is InChI=1S/C22H40F2O3/c1-2-18-22(27,21(25)26)20(24)17-15-13-11-9-7-5-3-4-6-8-10-12-14-16-19-23/h15,17,20,27H,2-14,16,18-19H2,1H3,(H,25,26). The van der Waals surface area contributed by atoms with E-state index in [2.05, 4.69) is 0 Å². The summed E-state index contributed by atoms with van der Waals surface area (Å²) in [4.78, 5) is 11.1. The number of carbonyl (C=O) groups is 1. The minimum absolute atomic E-state index is 0.0918. The Morgan fingerprint density at radius 2 is 1.37 bits per heavy atom. The zero-order valence-corrected chi connectivity index (χ0v) is 17.1. The first-order valence-corrected chi connectivity index (χ1v) is 10.8. The Kier molecular flexibility index (Phi) is 16.5. The van der Waals surface area contributed by atoms with E-state index < -0.39 is 17.7 Å². The average molecular weight is 391 g/mol. The van der Waals surface area contributed by atoms with E-state index in [1.165, 1.54) is 44.6 Å². The molecule has 2 N–H and O–H groups in total. The van der Waals surface area contributed by atoms with Crippen molar-refractivity contribution in [1.82, 2.24) is 0 Å². The van der Waals surface area contributed by atoms with E-state index in [1.54, 1.807) is 13.0 Å². The number of carboxylic acids is 1. The number of rotatable bonds is 19. The number of carboxylic acid groups (broad SMARTS) is 1. The second-order valence-corrected chi connectivity index (χ2v) is 7.53. The predicted molar refractivity (Wildman–Crippen MR) is 108 cm³/mol. The molecular formula is C22H40F2O3. The molecule has 2 atom stereocenters. The molecule has 0 aliphatic carbocycles. The average Bonchev–Trinajstić information content (AvgIpc) is 2.64. The van der Waals surface area contributed by atoms with Gasteiger partial charge in [-0.2, -0.15) is 0 Å². The number of unbranched alkanes of at least 4 members (excludes halogenated alkanes) is 12. The maximum absolute atomic E-state index is 14.0. The van der Waals surface area contributed by atoms with Gasteiger partial charge < -0.3 is 10.2 Å². The third-order valence-corrected chi connectivity index (χ3v) is 5.02. The highest BCUT2D eigenvalue weighted by atomic mass is 19.1. The van der Waals surface area contributed by atoms with Crippen LogP contribution in [0.1, 0.15) is 103 Å². The fourth-order valence-corrected chi connectivity index (χ4v) is 3.24. The van der Waals surface area contributed by atoms with Crippen molar-refractivity contribution in [3.63, 3.8) is 0 Å². The third-order valence-electron chi connectivity index (χ3n) is 5.02. The van der Waals surface area contributed by atoms with Gasteiger partial charge in [-0.15, -0.1) is 0 Å². The summed E-state index contributed by atoms with van der Waals surface area (Å²) in [6.45, 7) is 1.53. The lowest BCUT2D eigenvalue weighted by molar-refractivity contribution is -0.164. The summed E-state index contributed by atoms with van der Waals surface area (Å²) < 4.78 is 25.9. The molecule has 0 aliphatic rings. The Bertz CT molecular complexity index is 388. The highest BCUT2D eigenvalue weighted by Gasteiger charge is 2.42. The van der Waals surface area contributed by atoms with E-state index in [0.717, 1.165) is 32.1 Å². The van der Waals surface area contributed by atoms with Crippen LogP contribution in [-0.4, -0.2) is 34.6 Å². The van der Waals surface area contributed by atoms with Gasteiger partial charge in [0.05, 0.1) is 6.67 Å². The number of halogens is 2. The van der Waals surface area contributed by atoms with Gasteiger partial charge in [0, 0.05) is 0 Å². The topological polar surface area (TPSA) is 57.5 Å². The van der Waals surface area contributed by atoms with Crippen molar-refractivity contribution in [2.45, 2.75) is 115 Å². The molecule has 0 aromatic carbocycles. The lowest BCUT2D eigenvalue weighted by Crippen LogP contribution is -2.46. The van der Waals surface area contributed by atoms with Gasteiger partial charge in [-0.1, -0.05) is 89.7 Å². The van der Waals surface area contributed by atoms with Crippen LogP contribution in [0.5, 0.6) is 0 Å². The highest BCUT2D eigenvalue weighted by molar-refractivity contribution is 5.78. The van der Waals surface area contributed by atoms with Crippen molar-refractivity contribution in [2.24, 2.45) is 0 Å². The van der Waals surface area contributed by atoms with Gasteiger partial charge in [-0.25, -0.2) is 9.18 Å². The number of hydrogen-bond donors (Lipinski definition) is 2. The van der Waals surface area contributed by atoms with Crippen molar-refractivity contribution in [1.29, 1.82) is 0 Å². The molecular weight excluding hydrogens is 350 g/mol. The Hall–Kier alpha value is -0.970. The summed E-state index contributed by atoms with van der Waals surface area (Å²) in [5, 5.41) is 19.0. The van der Waals surface area contributed by atoms with Crippen LogP contribution in [0, 0.1) is 0 Å². The fourth-order valence-electron chi connectivity index (χ4n) is 3.24. The molecule has 0 saturated heterocycles. The van der Waals surface area contributed by atoms with Crippen molar-refractivity contribution < 1.29 is 23.8 Å². The smallest absolute Gasteiger partial charge is 0.339 e. The largest absolute Gasteiger partial charge is 0.479 e. The van der Waals surface area contributed by atoms with Crippen LogP contribution in [0.3, 0.4) is 0 Å². The first-order chi connectivity index (χ1) is 13.0. The number of hydrogen-bond acceptors (Lipinski definition) is 2. The molecule has 0 aromatic rings. The van der Waals surface area contributed by atoms with Crippen LogP contribution < -0.4 is 0 Å². The van der Waals surface area contributed by atoms with Crippen LogP contribution in [0.25, 0.3) is 0 Å². The molecule has 0 aromatic heterocycles. The fraction of sp³-hybridized carbons (Fsp3) is 0.864. The summed E-state index contributed by atoms with van der Waals surface area (Å²) in [5.41, 5.74) is -2.31. The monoisotopic (exact) mass is 390 g/mol. The number of aliphatic hydroxyl groups is 1. The molecule has 0 aliphatic heterocycles. The molecule has 5 heteroatoms. The van der Waals surface area contributed by atoms with E-state index in [4.69, 9.17) is 5.11 Å². The van der Waals surface area contributed by atoms with Crippen molar-refractivity contribution in [3.8, 4) is 0 Å². The van der Waals surface area contributed by atoms with Crippen LogP contribution >= 0.6 is 0 Å². The van der Waals surface area contributed by atoms with E-state index in [9.17, 15) is 18.7 Å². The van der Waals surface area contributed by atoms with Gasteiger partial charge in [0.1, 0.15) is 0 Å². The molecule has 3 nitrogen and oxygen atoms in total. The zero-order valence-electron chi connectivity index (χ0n) is 17.1. The second-order valence-electron chi connectivity index (χ2n) is 7.53. The zero-order chi connectivity index (χ0) is 20.4. The maximum atomic E-state index is 14.0. The molecule has 0 bridgehead atoms. The van der Waals surface area contributed by atoms with Crippen molar-refractivity contribution in [3.05, 3.63) is 12.2 Å². The summed E-state index contributed by atoms with van der Waals surface area (Å²) >= 11 is 0. The first-order valence-electron chi connectivity index (χ1n) is 10.8. The molecule has 0 radical (unpaired) electrons. The summed E-state index contributed by atoms with van der Waals surface area (Å²) in [6, 6.07) is 0. The van der Waals surface area contributed by atoms with E-state index in [0.29, 0.717) is 19.3 Å². The molecule has 160 valence electrons. The summed E-state index contributed by atoms with van der Waals surface area (Å²) in [6.07, 6.45) is 15.5. The second kappa shape index (κ2) is 17.2. The molecule has 0 heterocycles. The SMILES string of the molecule is CCCC(O)(C(=O)O)C(F)C=CCCCCCCCCCCCCCCF. The van der Waals surface area contributed by atoms with Crippen LogP contribution in [-0.2, 0) is 4.79 Å². The van der Waals surface area contributed by atoms with Crippen LogP contribution in [0.4, 0.5) is 8.78 Å². The van der Waals surface area contributed by atoms with E-state index in [1.807, 2.05) is 0 Å². The van der Waals surface area contributed by atoms with Gasteiger partial charge >= 0.3 is 5.97 Å².